The van der Waals surface area contributed by atoms with Crippen LogP contribution in [0.4, 0.5) is 0 Å². The summed E-state index contributed by atoms with van der Waals surface area (Å²) < 4.78 is 0. The zero-order chi connectivity index (χ0) is 11.2. The Morgan fingerprint density at radius 2 is 1.29 bits per heavy atom. The number of allylic oxidation sites excluding steroid dienone is 4. The second-order valence-electron chi connectivity index (χ2n) is 4.52. The molecule has 0 aliphatic carbocycles. The lowest BCUT2D eigenvalue weighted by Crippen LogP contribution is -2.31. The number of hydrogen-bond donors (Lipinski definition) is 1. The largest absolute Gasteiger partial charge is 0.319 e. The minimum Gasteiger partial charge on any atom is -0.319 e. The highest BCUT2D eigenvalue weighted by Crippen LogP contribution is 2.20. The van der Waals surface area contributed by atoms with E-state index in [-0.39, 0.29) is 11.0 Å². The molecule has 1 nitrogen and oxygen atoms in total. The average molecular weight is 193 g/mol. The van der Waals surface area contributed by atoms with Crippen molar-refractivity contribution in [1.29, 1.82) is 0 Å². The van der Waals surface area contributed by atoms with Crippen LogP contribution in [0.3, 0.4) is 0 Å². The van der Waals surface area contributed by atoms with E-state index in [1.54, 1.807) is 0 Å². The Labute approximate surface area is 88.4 Å². The number of nitrogens with two attached hydrogens (primary N) is 1. The highest BCUT2D eigenvalue weighted by atomic mass is 14.7. The lowest BCUT2D eigenvalue weighted by atomic mass is 9.89. The summed E-state index contributed by atoms with van der Waals surface area (Å²) in [5.74, 6) is 0. The van der Waals surface area contributed by atoms with E-state index in [0.717, 1.165) is 0 Å². The fraction of sp³-hybridized carbons (Fsp3) is 0.538. The number of hydrogen-bond acceptors (Lipinski definition) is 1. The molecule has 80 valence electrons. The molecule has 0 aromatic rings. The second-order valence-corrected chi connectivity index (χ2v) is 4.52. The Bertz CT molecular complexity index is 216. The molecule has 0 heterocycles. The minimum atomic E-state index is -0.340. The van der Waals surface area contributed by atoms with Gasteiger partial charge in [-0.2, -0.15) is 0 Å². The van der Waals surface area contributed by atoms with E-state index in [2.05, 4.69) is 32.1 Å². The third kappa shape index (κ3) is 5.76. The van der Waals surface area contributed by atoms with Crippen molar-refractivity contribution in [3.63, 3.8) is 0 Å². The van der Waals surface area contributed by atoms with Crippen molar-refractivity contribution in [2.24, 2.45) is 11.1 Å². The molecule has 0 saturated heterocycles. The maximum atomic E-state index is 6.03. The molecular weight excluding hydrogens is 170 g/mol. The normalized spacial score (nSPS) is 18.4. The number of rotatable bonds is 4. The molecule has 0 aliphatic heterocycles. The van der Waals surface area contributed by atoms with Gasteiger partial charge in [-0.3, -0.25) is 0 Å². The van der Waals surface area contributed by atoms with Crippen LogP contribution < -0.4 is 5.73 Å². The van der Waals surface area contributed by atoms with Gasteiger partial charge in [0, 0.05) is 11.0 Å². The van der Waals surface area contributed by atoms with Crippen molar-refractivity contribution in [2.75, 3.05) is 0 Å². The van der Waals surface area contributed by atoms with Crippen LogP contribution in [0.1, 0.15) is 34.6 Å². The van der Waals surface area contributed by atoms with E-state index in [4.69, 9.17) is 5.73 Å². The van der Waals surface area contributed by atoms with Gasteiger partial charge < -0.3 is 5.73 Å². The molecule has 14 heavy (non-hydrogen) atoms. The maximum absolute atomic E-state index is 6.03. The molecule has 0 radical (unpaired) electrons. The summed E-state index contributed by atoms with van der Waals surface area (Å²) in [6.07, 6.45) is 12.4. The van der Waals surface area contributed by atoms with Crippen molar-refractivity contribution in [3.8, 4) is 0 Å². The van der Waals surface area contributed by atoms with Gasteiger partial charge in [-0.05, 0) is 20.8 Å². The molecule has 0 spiro atoms. The van der Waals surface area contributed by atoms with Gasteiger partial charge in [0.05, 0.1) is 0 Å². The fourth-order valence-corrected chi connectivity index (χ4v) is 1.29. The van der Waals surface area contributed by atoms with Crippen LogP contribution in [0.15, 0.2) is 36.5 Å². The predicted octanol–water partition coefficient (Wildman–Crippen LogP) is 3.44. The Morgan fingerprint density at radius 1 is 0.786 bits per heavy atom. The highest BCUT2D eigenvalue weighted by molar-refractivity contribution is 5.18. The monoisotopic (exact) mass is 193 g/mol. The van der Waals surface area contributed by atoms with Gasteiger partial charge in [-0.1, -0.05) is 50.3 Å². The van der Waals surface area contributed by atoms with Crippen molar-refractivity contribution in [3.05, 3.63) is 36.5 Å². The van der Waals surface area contributed by atoms with Gasteiger partial charge in [0.2, 0.25) is 0 Å². The van der Waals surface area contributed by atoms with E-state index in [1.807, 2.05) is 39.0 Å². The molecular formula is C13H23N. The lowest BCUT2D eigenvalue weighted by molar-refractivity contribution is 0.610. The quantitative estimate of drug-likeness (QED) is 0.680. The van der Waals surface area contributed by atoms with Crippen LogP contribution >= 0.6 is 0 Å². The first-order valence-corrected chi connectivity index (χ1v) is 5.10. The third-order valence-electron chi connectivity index (χ3n) is 1.99. The molecule has 0 bridgehead atoms. The Morgan fingerprint density at radius 3 is 1.71 bits per heavy atom. The minimum absolute atomic E-state index is 0.0803. The molecule has 1 heteroatoms. The SMILES string of the molecule is C/C=C\C(C)(C)/C=C\C(C)(N)/C=C\C. The van der Waals surface area contributed by atoms with E-state index >= 15 is 0 Å². The summed E-state index contributed by atoms with van der Waals surface area (Å²) in [7, 11) is 0. The molecule has 0 aromatic carbocycles. The van der Waals surface area contributed by atoms with Crippen LogP contribution in [0.25, 0.3) is 0 Å². The molecule has 0 amide bonds. The molecule has 0 fully saturated rings. The summed E-state index contributed by atoms with van der Waals surface area (Å²) in [4.78, 5) is 0. The van der Waals surface area contributed by atoms with Crippen LogP contribution in [0.5, 0.6) is 0 Å². The summed E-state index contributed by atoms with van der Waals surface area (Å²) in [5.41, 5.74) is 5.77. The maximum Gasteiger partial charge on any atom is 0.0496 e. The van der Waals surface area contributed by atoms with Crippen molar-refractivity contribution < 1.29 is 0 Å². The highest BCUT2D eigenvalue weighted by Gasteiger charge is 2.13. The molecule has 1 unspecified atom stereocenters. The first-order valence-electron chi connectivity index (χ1n) is 5.10. The van der Waals surface area contributed by atoms with Crippen LogP contribution in [0.2, 0.25) is 0 Å². The third-order valence-corrected chi connectivity index (χ3v) is 1.99. The van der Waals surface area contributed by atoms with Crippen LogP contribution in [-0.4, -0.2) is 5.54 Å². The van der Waals surface area contributed by atoms with Gasteiger partial charge in [0.1, 0.15) is 0 Å². The topological polar surface area (TPSA) is 26.0 Å². The Hall–Kier alpha value is -0.820. The average Bonchev–Trinajstić information content (AvgIpc) is 2.01. The van der Waals surface area contributed by atoms with Crippen molar-refractivity contribution in [2.45, 2.75) is 40.2 Å². The zero-order valence-corrected chi connectivity index (χ0v) is 10.0. The summed E-state index contributed by atoms with van der Waals surface area (Å²) in [6, 6.07) is 0. The van der Waals surface area contributed by atoms with Gasteiger partial charge >= 0.3 is 0 Å². The molecule has 0 saturated carbocycles. The summed E-state index contributed by atoms with van der Waals surface area (Å²) >= 11 is 0. The standard InChI is InChI=1S/C13H23N/c1-6-8-12(3,4)10-11-13(5,14)9-7-2/h6-11H,14H2,1-5H3/b8-6-,9-7-,11-10-. The van der Waals surface area contributed by atoms with Gasteiger partial charge in [-0.15, -0.1) is 0 Å². The molecule has 0 aromatic heterocycles. The van der Waals surface area contributed by atoms with Crippen LogP contribution in [-0.2, 0) is 0 Å². The first-order chi connectivity index (χ1) is 6.33. The Balaban J connectivity index is 4.57. The van der Waals surface area contributed by atoms with Crippen molar-refractivity contribution >= 4 is 0 Å². The smallest absolute Gasteiger partial charge is 0.0496 e. The molecule has 1 atom stereocenters. The van der Waals surface area contributed by atoms with Crippen molar-refractivity contribution in [1.82, 2.24) is 0 Å². The predicted molar refractivity (Wildman–Crippen MR) is 65.1 cm³/mol. The van der Waals surface area contributed by atoms with E-state index < -0.39 is 0 Å². The van der Waals surface area contributed by atoms with E-state index in [1.165, 1.54) is 0 Å². The summed E-state index contributed by atoms with van der Waals surface area (Å²) in [6.45, 7) is 10.3. The zero-order valence-electron chi connectivity index (χ0n) is 10.0. The molecule has 0 rings (SSSR count). The molecule has 0 aliphatic rings. The Kier molecular flexibility index (Phi) is 4.86. The first kappa shape index (κ1) is 13.2. The fourth-order valence-electron chi connectivity index (χ4n) is 1.29. The lowest BCUT2D eigenvalue weighted by Gasteiger charge is -2.19. The van der Waals surface area contributed by atoms with E-state index in [0.29, 0.717) is 0 Å². The molecule has 2 N–H and O–H groups in total. The van der Waals surface area contributed by atoms with Gasteiger partial charge in [0.15, 0.2) is 0 Å². The van der Waals surface area contributed by atoms with E-state index in [9.17, 15) is 0 Å². The summed E-state index contributed by atoms with van der Waals surface area (Å²) in [5, 5.41) is 0. The van der Waals surface area contributed by atoms with Gasteiger partial charge in [0.25, 0.3) is 0 Å². The van der Waals surface area contributed by atoms with Gasteiger partial charge in [-0.25, -0.2) is 0 Å². The van der Waals surface area contributed by atoms with Crippen LogP contribution in [0, 0.1) is 5.41 Å². The second kappa shape index (κ2) is 5.16.